The summed E-state index contributed by atoms with van der Waals surface area (Å²) in [5, 5.41) is 7.16. The average Bonchev–Trinajstić information content (AvgIpc) is 2.59. The van der Waals surface area contributed by atoms with Gasteiger partial charge in [0.15, 0.2) is 11.5 Å². The van der Waals surface area contributed by atoms with E-state index in [9.17, 15) is 4.79 Å². The van der Waals surface area contributed by atoms with Gasteiger partial charge in [0.25, 0.3) is 0 Å². The van der Waals surface area contributed by atoms with E-state index in [4.69, 9.17) is 19.6 Å². The molecule has 0 saturated heterocycles. The number of carbonyl (C=O) groups excluding carboxylic acids is 1. The lowest BCUT2D eigenvalue weighted by Gasteiger charge is -2.14. The fourth-order valence-electron chi connectivity index (χ4n) is 1.99. The number of Topliss-reactive ketones (excluding diaryl/α,β-unsaturated/α-hetero) is 1. The lowest BCUT2D eigenvalue weighted by molar-refractivity contribution is 0.106. The molecule has 0 heterocycles. The molecule has 0 aliphatic carbocycles. The van der Waals surface area contributed by atoms with Crippen molar-refractivity contribution in [2.24, 2.45) is 0 Å². The van der Waals surface area contributed by atoms with E-state index in [0.29, 0.717) is 23.9 Å². The molecule has 0 unspecified atom stereocenters. The molecule has 0 atom stereocenters. The van der Waals surface area contributed by atoms with Gasteiger partial charge >= 0.3 is 0 Å². The minimum atomic E-state index is -0.455. The highest BCUT2D eigenvalue weighted by Crippen LogP contribution is 2.35. The van der Waals surface area contributed by atoms with Crippen molar-refractivity contribution >= 4 is 12.0 Å². The number of nitrogens with one attached hydrogen (secondary N) is 1. The second kappa shape index (κ2) is 7.26. The molecule has 0 saturated carbocycles. The Bertz CT molecular complexity index is 668. The normalized spacial score (nSPS) is 9.91. The first-order valence-corrected chi connectivity index (χ1v) is 6.67. The average molecular weight is 299 g/mol. The van der Waals surface area contributed by atoms with Crippen LogP contribution in [0.4, 0.5) is 0 Å². The van der Waals surface area contributed by atoms with Gasteiger partial charge in [-0.25, -0.2) is 0 Å². The molecule has 2 rings (SSSR count). The predicted octanol–water partition coefficient (Wildman–Crippen LogP) is 3.12. The molecule has 0 fully saturated rings. The molecular formula is C17H17NO4. The minimum absolute atomic E-state index is 0.267. The highest BCUT2D eigenvalue weighted by molar-refractivity contribution is 6.35. The van der Waals surface area contributed by atoms with Gasteiger partial charge in [-0.3, -0.25) is 4.79 Å². The van der Waals surface area contributed by atoms with Crippen molar-refractivity contribution in [2.75, 3.05) is 14.2 Å². The number of methoxy groups -OCH3 is 2. The molecule has 0 aliphatic heterocycles. The number of ketones is 1. The summed E-state index contributed by atoms with van der Waals surface area (Å²) in [4.78, 5) is 11.9. The summed E-state index contributed by atoms with van der Waals surface area (Å²) in [5.74, 6) is 0.783. The Balaban J connectivity index is 2.34. The maximum Gasteiger partial charge on any atom is 0.207 e. The number of hydrogen-bond acceptors (Lipinski definition) is 5. The SMILES string of the molecule is COc1cc(OCc2ccccc2)c(C(=O)C=N)cc1OC. The van der Waals surface area contributed by atoms with Crippen LogP contribution in [0.3, 0.4) is 0 Å². The first-order chi connectivity index (χ1) is 10.7. The van der Waals surface area contributed by atoms with Crippen LogP contribution >= 0.6 is 0 Å². The number of hydrogen-bond donors (Lipinski definition) is 1. The number of benzene rings is 2. The van der Waals surface area contributed by atoms with Crippen LogP contribution in [-0.2, 0) is 6.61 Å². The van der Waals surface area contributed by atoms with Crippen LogP contribution in [0.2, 0.25) is 0 Å². The quantitative estimate of drug-likeness (QED) is 0.630. The van der Waals surface area contributed by atoms with E-state index in [1.54, 1.807) is 6.07 Å². The minimum Gasteiger partial charge on any atom is -0.493 e. The second-order valence-electron chi connectivity index (χ2n) is 4.49. The van der Waals surface area contributed by atoms with E-state index in [2.05, 4.69) is 0 Å². The lowest BCUT2D eigenvalue weighted by Crippen LogP contribution is -2.06. The van der Waals surface area contributed by atoms with Gasteiger partial charge in [0.05, 0.1) is 26.0 Å². The van der Waals surface area contributed by atoms with Crippen molar-refractivity contribution in [1.82, 2.24) is 0 Å². The van der Waals surface area contributed by atoms with Gasteiger partial charge in [0.1, 0.15) is 12.4 Å². The van der Waals surface area contributed by atoms with Gasteiger partial charge in [-0.2, -0.15) is 0 Å². The van der Waals surface area contributed by atoms with Gasteiger partial charge in [0.2, 0.25) is 5.78 Å². The Kier molecular flexibility index (Phi) is 5.14. The smallest absolute Gasteiger partial charge is 0.207 e. The molecule has 2 aromatic rings. The molecular weight excluding hydrogens is 282 g/mol. The van der Waals surface area contributed by atoms with Crippen molar-refractivity contribution in [1.29, 1.82) is 5.41 Å². The van der Waals surface area contributed by atoms with Crippen LogP contribution < -0.4 is 14.2 Å². The first-order valence-electron chi connectivity index (χ1n) is 6.67. The van der Waals surface area contributed by atoms with Crippen molar-refractivity contribution in [3.8, 4) is 17.2 Å². The van der Waals surface area contributed by atoms with E-state index >= 15 is 0 Å². The van der Waals surface area contributed by atoms with Gasteiger partial charge in [-0.15, -0.1) is 0 Å². The molecule has 5 nitrogen and oxygen atoms in total. The summed E-state index contributed by atoms with van der Waals surface area (Å²) in [6, 6.07) is 12.7. The number of carbonyl (C=O) groups is 1. The highest BCUT2D eigenvalue weighted by atomic mass is 16.5. The molecule has 22 heavy (non-hydrogen) atoms. The molecule has 0 amide bonds. The Hall–Kier alpha value is -2.82. The van der Waals surface area contributed by atoms with Crippen LogP contribution in [0.5, 0.6) is 17.2 Å². The van der Waals surface area contributed by atoms with Crippen LogP contribution in [-0.4, -0.2) is 26.2 Å². The molecule has 0 aromatic heterocycles. The summed E-state index contributed by atoms with van der Waals surface area (Å²) in [6.07, 6.45) is 0.747. The van der Waals surface area contributed by atoms with E-state index < -0.39 is 5.78 Å². The van der Waals surface area contributed by atoms with Crippen molar-refractivity contribution in [2.45, 2.75) is 6.61 Å². The fraction of sp³-hybridized carbons (Fsp3) is 0.176. The molecule has 114 valence electrons. The molecule has 1 N–H and O–H groups in total. The molecule has 0 bridgehead atoms. The summed E-state index contributed by atoms with van der Waals surface area (Å²) >= 11 is 0. The Morgan fingerprint density at radius 3 is 2.27 bits per heavy atom. The van der Waals surface area contributed by atoms with Gasteiger partial charge in [-0.05, 0) is 11.6 Å². The molecule has 0 aliphatic rings. The lowest BCUT2D eigenvalue weighted by atomic mass is 10.1. The third-order valence-corrected chi connectivity index (χ3v) is 3.12. The standard InChI is InChI=1S/C17H17NO4/c1-20-16-8-13(14(19)10-18)15(9-17(16)21-2)22-11-12-6-4-3-5-7-12/h3-10,18H,11H2,1-2H3. The summed E-state index contributed by atoms with van der Waals surface area (Å²) in [7, 11) is 3.00. The van der Waals surface area contributed by atoms with Crippen molar-refractivity contribution in [3.05, 3.63) is 53.6 Å². The molecule has 0 radical (unpaired) electrons. The fourth-order valence-corrected chi connectivity index (χ4v) is 1.99. The Morgan fingerprint density at radius 1 is 1.05 bits per heavy atom. The first kappa shape index (κ1) is 15.6. The van der Waals surface area contributed by atoms with Gasteiger partial charge in [-0.1, -0.05) is 30.3 Å². The zero-order valence-electron chi connectivity index (χ0n) is 12.5. The van der Waals surface area contributed by atoms with Gasteiger partial charge < -0.3 is 19.6 Å². The number of rotatable bonds is 7. The third kappa shape index (κ3) is 3.44. The maximum absolute atomic E-state index is 11.9. The maximum atomic E-state index is 11.9. The second-order valence-corrected chi connectivity index (χ2v) is 4.49. The van der Waals surface area contributed by atoms with E-state index in [1.807, 2.05) is 30.3 Å². The predicted molar refractivity (Wildman–Crippen MR) is 83.4 cm³/mol. The van der Waals surface area contributed by atoms with E-state index in [0.717, 1.165) is 11.8 Å². The highest BCUT2D eigenvalue weighted by Gasteiger charge is 2.17. The van der Waals surface area contributed by atoms with Crippen LogP contribution in [0, 0.1) is 5.41 Å². The zero-order chi connectivity index (χ0) is 15.9. The van der Waals surface area contributed by atoms with Crippen LogP contribution in [0.15, 0.2) is 42.5 Å². The summed E-state index contributed by atoms with van der Waals surface area (Å²) in [5.41, 5.74) is 1.24. The summed E-state index contributed by atoms with van der Waals surface area (Å²) in [6.45, 7) is 0.314. The molecule has 2 aromatic carbocycles. The molecule has 5 heteroatoms. The number of ether oxygens (including phenoxy) is 3. The molecule has 0 spiro atoms. The Morgan fingerprint density at radius 2 is 1.68 bits per heavy atom. The van der Waals surface area contributed by atoms with Crippen molar-refractivity contribution in [3.63, 3.8) is 0 Å². The van der Waals surface area contributed by atoms with Crippen molar-refractivity contribution < 1.29 is 19.0 Å². The Labute approximate surface area is 129 Å². The third-order valence-electron chi connectivity index (χ3n) is 3.12. The monoisotopic (exact) mass is 299 g/mol. The van der Waals surface area contributed by atoms with Crippen LogP contribution in [0.25, 0.3) is 0 Å². The van der Waals surface area contributed by atoms with E-state index in [-0.39, 0.29) is 5.56 Å². The van der Waals surface area contributed by atoms with Gasteiger partial charge in [0, 0.05) is 6.07 Å². The topological polar surface area (TPSA) is 68.6 Å². The summed E-state index contributed by atoms with van der Waals surface area (Å²) < 4.78 is 16.1. The zero-order valence-corrected chi connectivity index (χ0v) is 12.5. The van der Waals surface area contributed by atoms with E-state index in [1.165, 1.54) is 20.3 Å². The largest absolute Gasteiger partial charge is 0.493 e. The van der Waals surface area contributed by atoms with Crippen LogP contribution in [0.1, 0.15) is 15.9 Å².